The number of rotatable bonds is 8. The highest BCUT2D eigenvalue weighted by atomic mass is 16.4. The van der Waals surface area contributed by atoms with Gasteiger partial charge in [0.25, 0.3) is 0 Å². The quantitative estimate of drug-likeness (QED) is 0.520. The number of hydrogen-bond donors (Lipinski definition) is 3. The Kier molecular flexibility index (Phi) is 6.29. The van der Waals surface area contributed by atoms with Gasteiger partial charge in [0.05, 0.1) is 0 Å². The summed E-state index contributed by atoms with van der Waals surface area (Å²) in [6, 6.07) is 23.1. The molecule has 144 valence electrons. The van der Waals surface area contributed by atoms with Gasteiger partial charge in [-0.3, -0.25) is 9.69 Å². The molecule has 0 aliphatic carbocycles. The minimum absolute atomic E-state index is 0.211. The molecule has 3 aromatic rings. The lowest BCUT2D eigenvalue weighted by atomic mass is 10.0. The first-order valence-corrected chi connectivity index (χ1v) is 9.08. The Morgan fingerprint density at radius 3 is 1.75 bits per heavy atom. The van der Waals surface area contributed by atoms with Crippen molar-refractivity contribution in [2.75, 3.05) is 0 Å². The predicted molar refractivity (Wildman–Crippen MR) is 107 cm³/mol. The van der Waals surface area contributed by atoms with E-state index >= 15 is 0 Å². The fourth-order valence-electron chi connectivity index (χ4n) is 3.20. The second-order valence-electron chi connectivity index (χ2n) is 6.76. The summed E-state index contributed by atoms with van der Waals surface area (Å²) < 4.78 is 0. The Morgan fingerprint density at radius 2 is 1.29 bits per heavy atom. The number of hydrogen-bond acceptors (Lipinski definition) is 4. The zero-order chi connectivity index (χ0) is 19.9. The van der Waals surface area contributed by atoms with Gasteiger partial charge >= 0.3 is 5.97 Å². The molecule has 0 fully saturated rings. The van der Waals surface area contributed by atoms with Crippen molar-refractivity contribution in [3.8, 4) is 11.5 Å². The van der Waals surface area contributed by atoms with E-state index in [4.69, 9.17) is 0 Å². The molecule has 0 aliphatic heterocycles. The zero-order valence-electron chi connectivity index (χ0n) is 15.4. The average molecular weight is 377 g/mol. The fraction of sp³-hybridized carbons (Fsp3) is 0.174. The van der Waals surface area contributed by atoms with Crippen LogP contribution in [0.2, 0.25) is 0 Å². The Hall–Kier alpha value is -3.31. The van der Waals surface area contributed by atoms with Crippen LogP contribution in [-0.2, 0) is 24.3 Å². The third-order valence-corrected chi connectivity index (χ3v) is 4.65. The highest BCUT2D eigenvalue weighted by Crippen LogP contribution is 2.26. The topological polar surface area (TPSA) is 81.0 Å². The number of aromatic hydroxyl groups is 2. The van der Waals surface area contributed by atoms with Crippen molar-refractivity contribution in [2.45, 2.75) is 25.6 Å². The first kappa shape index (κ1) is 19.5. The van der Waals surface area contributed by atoms with Crippen molar-refractivity contribution < 1.29 is 20.1 Å². The van der Waals surface area contributed by atoms with Crippen LogP contribution in [0.4, 0.5) is 0 Å². The van der Waals surface area contributed by atoms with Crippen LogP contribution in [0.15, 0.2) is 78.9 Å². The van der Waals surface area contributed by atoms with Gasteiger partial charge in [0.2, 0.25) is 0 Å². The molecule has 1 atom stereocenters. The third kappa shape index (κ3) is 5.11. The molecule has 0 saturated heterocycles. The third-order valence-electron chi connectivity index (χ3n) is 4.65. The van der Waals surface area contributed by atoms with E-state index in [1.54, 1.807) is 6.07 Å². The Bertz CT molecular complexity index is 871. The molecule has 28 heavy (non-hydrogen) atoms. The van der Waals surface area contributed by atoms with Crippen LogP contribution in [0.5, 0.6) is 11.5 Å². The molecule has 3 N–H and O–H groups in total. The van der Waals surface area contributed by atoms with Crippen molar-refractivity contribution in [3.05, 3.63) is 95.6 Å². The molecule has 3 rings (SSSR count). The molecule has 0 radical (unpaired) electrons. The van der Waals surface area contributed by atoms with Gasteiger partial charge in [0.1, 0.15) is 6.04 Å². The van der Waals surface area contributed by atoms with Crippen LogP contribution in [0.3, 0.4) is 0 Å². The first-order valence-electron chi connectivity index (χ1n) is 9.08. The minimum atomic E-state index is -0.931. The molecule has 0 unspecified atom stereocenters. The lowest BCUT2D eigenvalue weighted by molar-refractivity contribution is -0.143. The smallest absolute Gasteiger partial charge is 0.321 e. The van der Waals surface area contributed by atoms with E-state index in [9.17, 15) is 20.1 Å². The van der Waals surface area contributed by atoms with Gasteiger partial charge in [0, 0.05) is 13.1 Å². The van der Waals surface area contributed by atoms with Crippen LogP contribution < -0.4 is 0 Å². The predicted octanol–water partition coefficient (Wildman–Crippen LogP) is 3.80. The highest BCUT2D eigenvalue weighted by molar-refractivity contribution is 5.74. The van der Waals surface area contributed by atoms with Gasteiger partial charge in [-0.2, -0.15) is 0 Å². The van der Waals surface area contributed by atoms with Crippen LogP contribution in [0.25, 0.3) is 0 Å². The second kappa shape index (κ2) is 9.06. The number of carboxylic acid groups (broad SMARTS) is 1. The molecule has 0 bridgehead atoms. The summed E-state index contributed by atoms with van der Waals surface area (Å²) in [6.07, 6.45) is 0.211. The minimum Gasteiger partial charge on any atom is -0.504 e. The molecule has 0 spiro atoms. The molecule has 5 heteroatoms. The number of carbonyl (C=O) groups is 1. The fourth-order valence-corrected chi connectivity index (χ4v) is 3.20. The summed E-state index contributed by atoms with van der Waals surface area (Å²) in [7, 11) is 0. The summed E-state index contributed by atoms with van der Waals surface area (Å²) in [5, 5.41) is 29.2. The van der Waals surface area contributed by atoms with Crippen molar-refractivity contribution in [3.63, 3.8) is 0 Å². The van der Waals surface area contributed by atoms with Crippen molar-refractivity contribution in [1.82, 2.24) is 4.90 Å². The summed E-state index contributed by atoms with van der Waals surface area (Å²) in [4.78, 5) is 14.0. The van der Waals surface area contributed by atoms with E-state index in [-0.39, 0.29) is 17.9 Å². The van der Waals surface area contributed by atoms with E-state index in [1.165, 1.54) is 12.1 Å². The summed E-state index contributed by atoms with van der Waals surface area (Å²) in [5.41, 5.74) is 2.70. The number of benzene rings is 3. The number of phenolic OH excluding ortho intramolecular Hbond substituents is 2. The molecule has 5 nitrogen and oxygen atoms in total. The first-order chi connectivity index (χ1) is 13.5. The van der Waals surface area contributed by atoms with Gasteiger partial charge in [-0.15, -0.1) is 0 Å². The summed E-state index contributed by atoms with van der Waals surface area (Å²) in [6.45, 7) is 0.966. The maximum absolute atomic E-state index is 12.1. The standard InChI is InChI=1S/C23H23NO4/c25-21-12-11-19(14-22(21)26)13-20(23(27)28)24(15-17-7-3-1-4-8-17)16-18-9-5-2-6-10-18/h1-12,14,20,25-26H,13,15-16H2,(H,27,28)/t20-/m0/s1. The van der Waals surface area contributed by atoms with Gasteiger partial charge in [-0.05, 0) is 35.2 Å². The normalized spacial score (nSPS) is 12.0. The van der Waals surface area contributed by atoms with Crippen molar-refractivity contribution in [2.24, 2.45) is 0 Å². The van der Waals surface area contributed by atoms with E-state index in [1.807, 2.05) is 65.6 Å². The lowest BCUT2D eigenvalue weighted by Crippen LogP contribution is -2.42. The van der Waals surface area contributed by atoms with Crippen LogP contribution in [-0.4, -0.2) is 32.2 Å². The van der Waals surface area contributed by atoms with Gasteiger partial charge in [0.15, 0.2) is 11.5 Å². The number of aliphatic carboxylic acids is 1. The molecular formula is C23H23NO4. The van der Waals surface area contributed by atoms with E-state index < -0.39 is 12.0 Å². The largest absolute Gasteiger partial charge is 0.504 e. The Balaban J connectivity index is 1.89. The number of phenols is 2. The molecule has 0 saturated carbocycles. The zero-order valence-corrected chi connectivity index (χ0v) is 15.4. The van der Waals surface area contributed by atoms with Gasteiger partial charge < -0.3 is 15.3 Å². The summed E-state index contributed by atoms with van der Waals surface area (Å²) in [5.74, 6) is -1.40. The maximum atomic E-state index is 12.1. The van der Waals surface area contributed by atoms with Crippen molar-refractivity contribution in [1.29, 1.82) is 0 Å². The molecule has 0 amide bonds. The lowest BCUT2D eigenvalue weighted by Gasteiger charge is -2.29. The molecule has 3 aromatic carbocycles. The van der Waals surface area contributed by atoms with E-state index in [0.717, 1.165) is 11.1 Å². The Morgan fingerprint density at radius 1 is 0.750 bits per heavy atom. The molecular weight excluding hydrogens is 354 g/mol. The van der Waals surface area contributed by atoms with E-state index in [2.05, 4.69) is 0 Å². The number of carboxylic acids is 1. The maximum Gasteiger partial charge on any atom is 0.321 e. The molecule has 0 aromatic heterocycles. The van der Waals surface area contributed by atoms with Crippen LogP contribution >= 0.6 is 0 Å². The van der Waals surface area contributed by atoms with E-state index in [0.29, 0.717) is 18.7 Å². The van der Waals surface area contributed by atoms with Gasteiger partial charge in [-0.1, -0.05) is 66.7 Å². The van der Waals surface area contributed by atoms with Crippen LogP contribution in [0.1, 0.15) is 16.7 Å². The van der Waals surface area contributed by atoms with Crippen molar-refractivity contribution >= 4 is 5.97 Å². The van der Waals surface area contributed by atoms with Crippen LogP contribution in [0, 0.1) is 0 Å². The SMILES string of the molecule is O=C(O)[C@H](Cc1ccc(O)c(O)c1)N(Cc1ccccc1)Cc1ccccc1. The molecule has 0 heterocycles. The summed E-state index contributed by atoms with van der Waals surface area (Å²) >= 11 is 0. The number of nitrogens with zero attached hydrogens (tertiary/aromatic N) is 1. The second-order valence-corrected chi connectivity index (χ2v) is 6.76. The Labute approximate surface area is 164 Å². The van der Waals surface area contributed by atoms with Gasteiger partial charge in [-0.25, -0.2) is 0 Å². The average Bonchev–Trinajstić information content (AvgIpc) is 2.70. The monoisotopic (exact) mass is 377 g/mol. The molecule has 0 aliphatic rings. The highest BCUT2D eigenvalue weighted by Gasteiger charge is 2.26.